The van der Waals surface area contributed by atoms with Crippen molar-refractivity contribution in [3.8, 4) is 11.4 Å². The lowest BCUT2D eigenvalue weighted by Crippen LogP contribution is -2.48. The van der Waals surface area contributed by atoms with Crippen molar-refractivity contribution in [2.24, 2.45) is 5.92 Å². The van der Waals surface area contributed by atoms with Gasteiger partial charge in [0.25, 0.3) is 5.56 Å². The zero-order valence-corrected chi connectivity index (χ0v) is 27.0. The van der Waals surface area contributed by atoms with E-state index in [-0.39, 0.29) is 24.1 Å². The second kappa shape index (κ2) is 11.9. The number of esters is 1. The van der Waals surface area contributed by atoms with Gasteiger partial charge in [0.2, 0.25) is 0 Å². The lowest BCUT2D eigenvalue weighted by molar-refractivity contribution is -0.189. The molecule has 2 aromatic rings. The molecule has 224 valence electrons. The van der Waals surface area contributed by atoms with Gasteiger partial charge in [-0.15, -0.1) is 0 Å². The van der Waals surface area contributed by atoms with Crippen LogP contribution in [0.3, 0.4) is 0 Å². The molecule has 0 radical (unpaired) electrons. The summed E-state index contributed by atoms with van der Waals surface area (Å²) in [6.07, 6.45) is 13.0. The molecule has 8 heteroatoms. The third-order valence-electron chi connectivity index (χ3n) is 8.37. The fourth-order valence-corrected chi connectivity index (χ4v) is 8.34. The van der Waals surface area contributed by atoms with Crippen LogP contribution in [0.1, 0.15) is 87.4 Å². The van der Waals surface area contributed by atoms with E-state index in [2.05, 4.69) is 32.6 Å². The molecule has 4 rings (SSSR count). The van der Waals surface area contributed by atoms with Gasteiger partial charge >= 0.3 is 5.97 Å². The minimum atomic E-state index is -1.35. The third kappa shape index (κ3) is 6.09. The van der Waals surface area contributed by atoms with E-state index in [0.717, 1.165) is 41.6 Å². The van der Waals surface area contributed by atoms with E-state index in [1.807, 2.05) is 26.8 Å². The van der Waals surface area contributed by atoms with Crippen LogP contribution in [-0.4, -0.2) is 51.9 Å². The predicted molar refractivity (Wildman–Crippen MR) is 168 cm³/mol. The van der Waals surface area contributed by atoms with Crippen LogP contribution in [0.4, 0.5) is 0 Å². The van der Waals surface area contributed by atoms with Gasteiger partial charge in [-0.05, 0) is 106 Å². The van der Waals surface area contributed by atoms with Crippen LogP contribution in [0.5, 0.6) is 0 Å². The third-order valence-corrected chi connectivity index (χ3v) is 9.94. The van der Waals surface area contributed by atoms with Crippen molar-refractivity contribution in [2.75, 3.05) is 24.5 Å². The largest absolute Gasteiger partial charge is 0.458 e. The van der Waals surface area contributed by atoms with Crippen molar-refractivity contribution in [1.82, 2.24) is 9.55 Å². The summed E-state index contributed by atoms with van der Waals surface area (Å²) in [5.41, 5.74) is 4.84. The highest BCUT2D eigenvalue weighted by Crippen LogP contribution is 2.43. The van der Waals surface area contributed by atoms with Gasteiger partial charge in [0.1, 0.15) is 6.61 Å². The SMILES string of the molecule is CCc1c(C)c(/C=C\C(C)=O)nc2c1Cn1c-2cc2c(c1=O)COC(=O)C2(CC)OC(C)CCC(C)CS(C)(C)C. The van der Waals surface area contributed by atoms with Crippen molar-refractivity contribution in [1.29, 1.82) is 0 Å². The van der Waals surface area contributed by atoms with Crippen LogP contribution in [0.15, 0.2) is 16.9 Å². The molecular weight excluding hydrogens is 536 g/mol. The summed E-state index contributed by atoms with van der Waals surface area (Å²) in [6, 6.07) is 1.94. The number of ketones is 1. The maximum Gasteiger partial charge on any atom is 0.343 e. The molecule has 0 aliphatic carbocycles. The molecule has 0 amide bonds. The van der Waals surface area contributed by atoms with Crippen molar-refractivity contribution in [3.63, 3.8) is 0 Å². The van der Waals surface area contributed by atoms with Crippen molar-refractivity contribution < 1.29 is 19.1 Å². The molecule has 0 bridgehead atoms. The van der Waals surface area contributed by atoms with Crippen molar-refractivity contribution in [2.45, 2.75) is 92.1 Å². The van der Waals surface area contributed by atoms with Gasteiger partial charge in [0.15, 0.2) is 11.4 Å². The number of cyclic esters (lactones) is 1. The Kier molecular flexibility index (Phi) is 9.05. The van der Waals surface area contributed by atoms with Crippen LogP contribution >= 0.6 is 10.0 Å². The molecule has 0 fully saturated rings. The number of hydrogen-bond acceptors (Lipinski definition) is 6. The average Bonchev–Trinajstić information content (AvgIpc) is 3.25. The molecule has 2 aromatic heterocycles. The Labute approximate surface area is 246 Å². The van der Waals surface area contributed by atoms with Crippen LogP contribution in [-0.2, 0) is 44.2 Å². The first-order chi connectivity index (χ1) is 19.2. The second-order valence-corrected chi connectivity index (χ2v) is 17.2. The molecule has 0 saturated heterocycles. The molecule has 0 N–H and O–H groups in total. The van der Waals surface area contributed by atoms with Gasteiger partial charge in [-0.25, -0.2) is 19.8 Å². The van der Waals surface area contributed by atoms with Gasteiger partial charge in [-0.3, -0.25) is 9.59 Å². The summed E-state index contributed by atoms with van der Waals surface area (Å²) in [6.45, 7) is 12.2. The van der Waals surface area contributed by atoms with Gasteiger partial charge in [-0.1, -0.05) is 20.8 Å². The van der Waals surface area contributed by atoms with E-state index < -0.39 is 21.6 Å². The maximum absolute atomic E-state index is 13.9. The lowest BCUT2D eigenvalue weighted by atomic mass is 9.85. The van der Waals surface area contributed by atoms with Crippen molar-refractivity contribution >= 4 is 27.9 Å². The zero-order valence-electron chi connectivity index (χ0n) is 26.2. The Morgan fingerprint density at radius 2 is 1.90 bits per heavy atom. The van der Waals surface area contributed by atoms with E-state index in [1.54, 1.807) is 10.6 Å². The Bertz CT molecular complexity index is 1450. The summed E-state index contributed by atoms with van der Waals surface area (Å²) in [4.78, 5) is 44.0. The van der Waals surface area contributed by atoms with Gasteiger partial charge in [0.05, 0.1) is 35.3 Å². The fourth-order valence-electron chi connectivity index (χ4n) is 6.47. The first kappa shape index (κ1) is 31.2. The molecule has 2 aliphatic heterocycles. The average molecular weight is 583 g/mol. The molecule has 3 atom stereocenters. The topological polar surface area (TPSA) is 87.5 Å². The summed E-state index contributed by atoms with van der Waals surface area (Å²) in [5, 5.41) is 0. The Morgan fingerprint density at radius 1 is 1.20 bits per heavy atom. The fraction of sp³-hybridized carbons (Fsp3) is 0.576. The van der Waals surface area contributed by atoms with E-state index in [1.165, 1.54) is 18.8 Å². The number of carbonyl (C=O) groups excluding carboxylic acids is 2. The molecule has 0 saturated carbocycles. The van der Waals surface area contributed by atoms with Gasteiger partial charge in [-0.2, -0.15) is 0 Å². The summed E-state index contributed by atoms with van der Waals surface area (Å²) in [7, 11) is -0.597. The highest BCUT2D eigenvalue weighted by molar-refractivity contribution is 8.32. The van der Waals surface area contributed by atoms with Crippen LogP contribution in [0.2, 0.25) is 0 Å². The Morgan fingerprint density at radius 3 is 2.51 bits per heavy atom. The number of pyridine rings is 2. The Balaban J connectivity index is 1.78. The van der Waals surface area contributed by atoms with E-state index >= 15 is 0 Å². The molecule has 4 heterocycles. The molecule has 0 aromatic carbocycles. The van der Waals surface area contributed by atoms with Crippen LogP contribution in [0, 0.1) is 12.8 Å². The highest BCUT2D eigenvalue weighted by atomic mass is 32.3. The Hall–Kier alpha value is -2.71. The smallest absolute Gasteiger partial charge is 0.343 e. The van der Waals surface area contributed by atoms with Crippen molar-refractivity contribution in [3.05, 3.63) is 56.0 Å². The van der Waals surface area contributed by atoms with Gasteiger partial charge in [0, 0.05) is 11.1 Å². The number of aromatic nitrogens is 2. The van der Waals surface area contributed by atoms with Crippen LogP contribution in [0.25, 0.3) is 17.5 Å². The summed E-state index contributed by atoms with van der Waals surface area (Å²) < 4.78 is 14.0. The van der Waals surface area contributed by atoms with E-state index in [0.29, 0.717) is 41.4 Å². The van der Waals surface area contributed by atoms with E-state index in [9.17, 15) is 14.4 Å². The summed E-state index contributed by atoms with van der Waals surface area (Å²) in [5.74, 6) is 1.27. The minimum Gasteiger partial charge on any atom is -0.458 e. The molecule has 7 nitrogen and oxygen atoms in total. The first-order valence-corrected chi connectivity index (χ1v) is 17.7. The van der Waals surface area contributed by atoms with E-state index in [4.69, 9.17) is 14.5 Å². The quantitative estimate of drug-likeness (QED) is 0.206. The number of ether oxygens (including phenoxy) is 2. The molecule has 2 aliphatic rings. The number of fused-ring (bicyclic) bond motifs is 4. The highest BCUT2D eigenvalue weighted by Gasteiger charge is 2.49. The predicted octanol–water partition coefficient (Wildman–Crippen LogP) is 5.92. The summed E-state index contributed by atoms with van der Waals surface area (Å²) >= 11 is 0. The standard InChI is InChI=1S/C33H46N2O5S/c1-10-24-23(6)28(15-13-21(4)36)34-30-25(24)17-35-29(30)16-27-26(31(35)37)18-39-32(38)33(27,11-2)40-22(5)14-12-20(3)19-41(7,8)9/h13,15-16,20,22H,10-12,14,17-19H2,1-9H3/b15-13-. The number of carbonyl (C=O) groups is 2. The molecular formula is C33H46N2O5S. The molecule has 0 spiro atoms. The number of hydrogen-bond donors (Lipinski definition) is 0. The monoisotopic (exact) mass is 582 g/mol. The lowest BCUT2D eigenvalue weighted by Gasteiger charge is -2.38. The number of nitrogens with zero attached hydrogens (tertiary/aromatic N) is 2. The molecule has 3 unspecified atom stereocenters. The second-order valence-electron chi connectivity index (χ2n) is 12.7. The number of rotatable bonds is 11. The molecule has 41 heavy (non-hydrogen) atoms. The number of allylic oxidation sites excluding steroid dienone is 1. The zero-order chi connectivity index (χ0) is 30.3. The normalized spacial score (nSPS) is 19.9. The first-order valence-electron chi connectivity index (χ1n) is 14.7. The minimum absolute atomic E-state index is 0.0537. The maximum atomic E-state index is 13.9. The van der Waals surface area contributed by atoms with Crippen LogP contribution < -0.4 is 5.56 Å². The van der Waals surface area contributed by atoms with Gasteiger partial charge < -0.3 is 14.0 Å².